The summed E-state index contributed by atoms with van der Waals surface area (Å²) < 4.78 is 11.3. The Balaban J connectivity index is 1.46. The summed E-state index contributed by atoms with van der Waals surface area (Å²) >= 11 is 1.71. The molecule has 0 spiro atoms. The SMILES string of the molecule is COc1ccc(CCN2C[C@H](O)C(C)(C)COCCC[C@H]3CN(Cc4nccs4)CC[C@H]3CC2=O)cc1. The summed E-state index contributed by atoms with van der Waals surface area (Å²) in [6, 6.07) is 8.01. The first-order valence-corrected chi connectivity index (χ1v) is 14.5. The lowest BCUT2D eigenvalue weighted by Crippen LogP contribution is -2.47. The van der Waals surface area contributed by atoms with E-state index in [0.29, 0.717) is 44.6 Å². The highest BCUT2D eigenvalue weighted by atomic mass is 32.1. The largest absolute Gasteiger partial charge is 0.497 e. The third kappa shape index (κ3) is 7.99. The van der Waals surface area contributed by atoms with Gasteiger partial charge in [0, 0.05) is 49.7 Å². The Morgan fingerprint density at radius 1 is 1.19 bits per heavy atom. The molecule has 0 aliphatic carbocycles. The molecule has 0 bridgehead atoms. The molecule has 1 N–H and O–H groups in total. The van der Waals surface area contributed by atoms with E-state index < -0.39 is 11.5 Å². The van der Waals surface area contributed by atoms with Gasteiger partial charge in [-0.2, -0.15) is 0 Å². The number of methoxy groups -OCH3 is 1. The van der Waals surface area contributed by atoms with Gasteiger partial charge in [0.05, 0.1) is 26.4 Å². The lowest BCUT2D eigenvalue weighted by atomic mass is 9.80. The molecular weight excluding hydrogens is 486 g/mol. The van der Waals surface area contributed by atoms with Crippen molar-refractivity contribution < 1.29 is 19.4 Å². The molecule has 2 saturated heterocycles. The van der Waals surface area contributed by atoms with Crippen LogP contribution in [0.4, 0.5) is 0 Å². The van der Waals surface area contributed by atoms with Crippen LogP contribution in [0, 0.1) is 17.3 Å². The fourth-order valence-corrected chi connectivity index (χ4v) is 6.14. The van der Waals surface area contributed by atoms with E-state index in [9.17, 15) is 9.90 Å². The summed E-state index contributed by atoms with van der Waals surface area (Å²) in [5.74, 6) is 1.80. The van der Waals surface area contributed by atoms with E-state index in [-0.39, 0.29) is 5.91 Å². The highest BCUT2D eigenvalue weighted by Crippen LogP contribution is 2.33. The molecule has 1 aromatic carbocycles. The zero-order chi connectivity index (χ0) is 26.3. The minimum absolute atomic E-state index is 0.159. The zero-order valence-electron chi connectivity index (χ0n) is 22.6. The number of β-amino-alcohol motifs (C(OH)–C–C–N with tert-alkyl or cyclic N) is 1. The maximum Gasteiger partial charge on any atom is 0.222 e. The normalized spacial score (nSPS) is 26.0. The maximum atomic E-state index is 13.7. The molecule has 204 valence electrons. The highest BCUT2D eigenvalue weighted by Gasteiger charge is 2.35. The van der Waals surface area contributed by atoms with E-state index >= 15 is 0 Å². The monoisotopic (exact) mass is 529 g/mol. The van der Waals surface area contributed by atoms with Gasteiger partial charge < -0.3 is 19.5 Å². The van der Waals surface area contributed by atoms with Crippen LogP contribution in [0.3, 0.4) is 0 Å². The van der Waals surface area contributed by atoms with Gasteiger partial charge in [0.25, 0.3) is 0 Å². The van der Waals surface area contributed by atoms with E-state index in [4.69, 9.17) is 9.47 Å². The molecule has 8 heteroatoms. The Morgan fingerprint density at radius 2 is 2.00 bits per heavy atom. The van der Waals surface area contributed by atoms with Gasteiger partial charge in [0.1, 0.15) is 10.8 Å². The Labute approximate surface area is 225 Å². The number of ether oxygens (including phenoxy) is 2. The molecular formula is C29H43N3O4S. The van der Waals surface area contributed by atoms with E-state index in [0.717, 1.165) is 61.6 Å². The average Bonchev–Trinajstić information content (AvgIpc) is 3.40. The lowest BCUT2D eigenvalue weighted by molar-refractivity contribution is -0.136. The average molecular weight is 530 g/mol. The third-order valence-electron chi connectivity index (χ3n) is 8.07. The van der Waals surface area contributed by atoms with Gasteiger partial charge in [-0.1, -0.05) is 26.0 Å². The van der Waals surface area contributed by atoms with E-state index in [1.165, 1.54) is 0 Å². The van der Waals surface area contributed by atoms with Crippen molar-refractivity contribution in [2.24, 2.45) is 17.3 Å². The molecule has 3 heterocycles. The number of fused-ring (bicyclic) bond motifs is 1. The van der Waals surface area contributed by atoms with Crippen molar-refractivity contribution in [3.8, 4) is 5.75 Å². The number of rotatable bonds is 6. The van der Waals surface area contributed by atoms with E-state index in [1.807, 2.05) is 54.6 Å². The van der Waals surface area contributed by atoms with Crippen molar-refractivity contribution >= 4 is 17.2 Å². The topological polar surface area (TPSA) is 75.1 Å². The van der Waals surface area contributed by atoms with Gasteiger partial charge in [-0.25, -0.2) is 4.98 Å². The number of carbonyl (C=O) groups excluding carboxylic acids is 1. The van der Waals surface area contributed by atoms with Gasteiger partial charge in [-0.3, -0.25) is 9.69 Å². The molecule has 0 unspecified atom stereocenters. The first kappa shape index (κ1) is 28.0. The van der Waals surface area contributed by atoms with Crippen LogP contribution in [-0.2, 0) is 22.5 Å². The number of thiazole rings is 1. The van der Waals surface area contributed by atoms with Crippen molar-refractivity contribution in [2.45, 2.75) is 58.6 Å². The molecule has 1 aromatic heterocycles. The summed E-state index contributed by atoms with van der Waals surface area (Å²) in [7, 11) is 1.66. The number of benzene rings is 1. The number of aliphatic hydroxyl groups excluding tert-OH is 1. The Kier molecular flexibility index (Phi) is 9.98. The Morgan fingerprint density at radius 3 is 2.73 bits per heavy atom. The second kappa shape index (κ2) is 13.2. The van der Waals surface area contributed by atoms with Gasteiger partial charge >= 0.3 is 0 Å². The van der Waals surface area contributed by atoms with Gasteiger partial charge in [-0.15, -0.1) is 11.3 Å². The fraction of sp³-hybridized carbons (Fsp3) is 0.655. The number of aliphatic hydroxyl groups is 1. The standard InChI is InChI=1S/C29H43N3O4S/c1-29(2)21-36-15-4-5-24-18-31(20-27-30-12-16-37-27)13-11-23(24)17-28(34)32(19-26(29)33)14-10-22-6-8-25(35-3)9-7-22/h6-9,12,16,23-24,26,33H,4-5,10-11,13-15,17-21H2,1-3H3/t23-,24-,26-/m0/s1. The number of aromatic nitrogens is 1. The third-order valence-corrected chi connectivity index (χ3v) is 8.83. The number of amides is 1. The fourth-order valence-electron chi connectivity index (χ4n) is 5.48. The summed E-state index contributed by atoms with van der Waals surface area (Å²) in [4.78, 5) is 22.6. The van der Waals surface area contributed by atoms with Crippen molar-refractivity contribution in [2.75, 3.05) is 46.5 Å². The minimum Gasteiger partial charge on any atom is -0.497 e. The molecule has 37 heavy (non-hydrogen) atoms. The molecule has 4 rings (SSSR count). The molecule has 0 saturated carbocycles. The van der Waals surface area contributed by atoms with Crippen LogP contribution in [0.2, 0.25) is 0 Å². The highest BCUT2D eigenvalue weighted by molar-refractivity contribution is 7.09. The Hall–Kier alpha value is -2.00. The molecule has 2 aromatic rings. The van der Waals surface area contributed by atoms with Crippen LogP contribution in [0.15, 0.2) is 35.8 Å². The molecule has 3 atom stereocenters. The summed E-state index contributed by atoms with van der Waals surface area (Å²) in [6.07, 6.45) is 5.57. The van der Waals surface area contributed by atoms with Crippen LogP contribution in [0.25, 0.3) is 0 Å². The molecule has 0 radical (unpaired) electrons. The van der Waals surface area contributed by atoms with Crippen LogP contribution < -0.4 is 4.74 Å². The molecule has 2 fully saturated rings. The van der Waals surface area contributed by atoms with Crippen molar-refractivity contribution in [1.82, 2.24) is 14.8 Å². The predicted molar refractivity (Wildman–Crippen MR) is 147 cm³/mol. The number of hydrogen-bond donors (Lipinski definition) is 1. The second-order valence-corrected chi connectivity index (χ2v) is 12.3. The molecule has 7 nitrogen and oxygen atoms in total. The molecule has 2 aliphatic rings. The van der Waals surface area contributed by atoms with Gasteiger partial charge in [0.2, 0.25) is 5.91 Å². The smallest absolute Gasteiger partial charge is 0.222 e. The van der Waals surface area contributed by atoms with E-state index in [2.05, 4.69) is 9.88 Å². The van der Waals surface area contributed by atoms with Crippen molar-refractivity contribution in [3.05, 3.63) is 46.4 Å². The first-order chi connectivity index (χ1) is 17.8. The van der Waals surface area contributed by atoms with Crippen LogP contribution >= 0.6 is 11.3 Å². The summed E-state index contributed by atoms with van der Waals surface area (Å²) in [6.45, 7) is 9.04. The Bertz CT molecular complexity index is 966. The number of likely N-dealkylation sites (tertiary alicyclic amines) is 1. The first-order valence-electron chi connectivity index (χ1n) is 13.6. The number of hydrogen-bond acceptors (Lipinski definition) is 7. The lowest BCUT2D eigenvalue weighted by Gasteiger charge is -2.39. The van der Waals surface area contributed by atoms with Crippen LogP contribution in [0.5, 0.6) is 5.75 Å². The van der Waals surface area contributed by atoms with Crippen LogP contribution in [-0.4, -0.2) is 78.4 Å². The zero-order valence-corrected chi connectivity index (χ0v) is 23.4. The van der Waals surface area contributed by atoms with Gasteiger partial charge in [0.15, 0.2) is 0 Å². The summed E-state index contributed by atoms with van der Waals surface area (Å²) in [5, 5.41) is 14.3. The molecule has 2 aliphatic heterocycles. The second-order valence-electron chi connectivity index (χ2n) is 11.3. The number of carbonyl (C=O) groups is 1. The van der Waals surface area contributed by atoms with E-state index in [1.54, 1.807) is 18.4 Å². The number of piperidine rings is 1. The van der Waals surface area contributed by atoms with Crippen molar-refractivity contribution in [1.29, 1.82) is 0 Å². The molecule has 1 amide bonds. The number of nitrogens with zero attached hydrogens (tertiary/aromatic N) is 3. The maximum absolute atomic E-state index is 13.7. The quantitative estimate of drug-likeness (QED) is 0.603. The minimum atomic E-state index is -0.649. The van der Waals surface area contributed by atoms with Crippen LogP contribution in [0.1, 0.15) is 50.1 Å². The van der Waals surface area contributed by atoms with Crippen molar-refractivity contribution in [3.63, 3.8) is 0 Å². The van der Waals surface area contributed by atoms with Gasteiger partial charge in [-0.05, 0) is 61.8 Å². The predicted octanol–water partition coefficient (Wildman–Crippen LogP) is 4.25. The summed E-state index contributed by atoms with van der Waals surface area (Å²) in [5.41, 5.74) is 0.728.